The molecular weight excluding hydrogens is 261 g/mol. The van der Waals surface area contributed by atoms with E-state index in [9.17, 15) is 9.18 Å². The van der Waals surface area contributed by atoms with Gasteiger partial charge in [-0.05, 0) is 18.2 Å². The van der Waals surface area contributed by atoms with Crippen LogP contribution < -0.4 is 5.56 Å². The van der Waals surface area contributed by atoms with Crippen LogP contribution in [0.4, 0.5) is 4.39 Å². The van der Waals surface area contributed by atoms with Gasteiger partial charge in [-0.15, -0.1) is 0 Å². The Kier molecular flexibility index (Phi) is 4.03. The van der Waals surface area contributed by atoms with Gasteiger partial charge in [0.05, 0.1) is 5.39 Å². The number of H-pyrrole nitrogens is 1. The summed E-state index contributed by atoms with van der Waals surface area (Å²) < 4.78 is 13.8. The van der Waals surface area contributed by atoms with Gasteiger partial charge in [-0.25, -0.2) is 4.39 Å². The molecular formula is C11H11BrFNO. The van der Waals surface area contributed by atoms with Gasteiger partial charge >= 0.3 is 0 Å². The second-order valence-electron chi connectivity index (χ2n) is 2.66. The van der Waals surface area contributed by atoms with Crippen molar-refractivity contribution in [2.75, 3.05) is 0 Å². The quantitative estimate of drug-likeness (QED) is 0.782. The van der Waals surface area contributed by atoms with Gasteiger partial charge in [0.1, 0.15) is 5.82 Å². The Bertz CT molecular complexity index is 521. The predicted octanol–water partition coefficient (Wildman–Crippen LogP) is 3.46. The van der Waals surface area contributed by atoms with Crippen LogP contribution in [0, 0.1) is 5.82 Å². The minimum atomic E-state index is -0.393. The van der Waals surface area contributed by atoms with Crippen LogP contribution in [0.1, 0.15) is 13.8 Å². The molecule has 2 aromatic rings. The lowest BCUT2D eigenvalue weighted by Crippen LogP contribution is -2.04. The lowest BCUT2D eigenvalue weighted by Gasteiger charge is -1.98. The molecule has 2 nitrogen and oxygen atoms in total. The van der Waals surface area contributed by atoms with Gasteiger partial charge in [-0.1, -0.05) is 29.8 Å². The van der Waals surface area contributed by atoms with E-state index in [-0.39, 0.29) is 5.56 Å². The maximum atomic E-state index is 13.2. The topological polar surface area (TPSA) is 32.9 Å². The first-order chi connectivity index (χ1) is 7.18. The molecule has 0 aliphatic carbocycles. The zero-order chi connectivity index (χ0) is 11.4. The Hall–Kier alpha value is -1.16. The van der Waals surface area contributed by atoms with Gasteiger partial charge < -0.3 is 4.98 Å². The summed E-state index contributed by atoms with van der Waals surface area (Å²) in [6.45, 7) is 4.00. The van der Waals surface area contributed by atoms with Crippen LogP contribution in [-0.2, 0) is 0 Å². The number of aromatic amines is 1. The fraction of sp³-hybridized carbons (Fsp3) is 0.182. The number of benzene rings is 1. The highest BCUT2D eigenvalue weighted by Gasteiger charge is 2.04. The highest BCUT2D eigenvalue weighted by molar-refractivity contribution is 9.10. The van der Waals surface area contributed by atoms with E-state index in [2.05, 4.69) is 20.9 Å². The normalized spacial score (nSPS) is 9.60. The Morgan fingerprint density at radius 3 is 2.60 bits per heavy atom. The second-order valence-corrected chi connectivity index (χ2v) is 3.57. The zero-order valence-corrected chi connectivity index (χ0v) is 10.1. The molecule has 0 spiro atoms. The summed E-state index contributed by atoms with van der Waals surface area (Å²) >= 11 is 3.12. The van der Waals surface area contributed by atoms with Crippen LogP contribution in [0.5, 0.6) is 0 Å². The Morgan fingerprint density at radius 1 is 1.27 bits per heavy atom. The molecule has 15 heavy (non-hydrogen) atoms. The maximum Gasteiger partial charge on any atom is 0.255 e. The molecule has 0 saturated carbocycles. The standard InChI is InChI=1S/C9H5BrFNO.C2H6/c10-5-3-7-6(8(11)4-5)1-2-12-9(7)13;1-2/h1-4H,(H,12,13);1-2H3. The van der Waals surface area contributed by atoms with Gasteiger partial charge in [0.25, 0.3) is 5.56 Å². The van der Waals surface area contributed by atoms with E-state index in [0.717, 1.165) is 0 Å². The SMILES string of the molecule is CC.O=c1[nH]ccc2c(F)cc(Br)cc12. The highest BCUT2D eigenvalue weighted by Crippen LogP contribution is 2.19. The fourth-order valence-electron chi connectivity index (χ4n) is 1.22. The van der Waals surface area contributed by atoms with Gasteiger partial charge in [-0.2, -0.15) is 0 Å². The van der Waals surface area contributed by atoms with E-state index in [1.807, 2.05) is 13.8 Å². The number of fused-ring (bicyclic) bond motifs is 1. The zero-order valence-electron chi connectivity index (χ0n) is 8.47. The number of nitrogens with one attached hydrogen (secondary N) is 1. The summed E-state index contributed by atoms with van der Waals surface area (Å²) in [6, 6.07) is 4.47. The highest BCUT2D eigenvalue weighted by atomic mass is 79.9. The van der Waals surface area contributed by atoms with Crippen molar-refractivity contribution in [2.45, 2.75) is 13.8 Å². The van der Waals surface area contributed by atoms with E-state index in [1.54, 1.807) is 12.1 Å². The Morgan fingerprint density at radius 2 is 1.93 bits per heavy atom. The molecule has 0 saturated heterocycles. The number of aromatic nitrogens is 1. The van der Waals surface area contributed by atoms with E-state index in [0.29, 0.717) is 15.2 Å². The lowest BCUT2D eigenvalue weighted by molar-refractivity contribution is 0.639. The van der Waals surface area contributed by atoms with Crippen molar-refractivity contribution in [3.63, 3.8) is 0 Å². The Labute approximate surface area is 95.3 Å². The van der Waals surface area contributed by atoms with E-state index >= 15 is 0 Å². The third-order valence-electron chi connectivity index (χ3n) is 1.80. The number of hydrogen-bond acceptors (Lipinski definition) is 1. The summed E-state index contributed by atoms with van der Waals surface area (Å²) in [5.41, 5.74) is -0.280. The molecule has 0 bridgehead atoms. The summed E-state index contributed by atoms with van der Waals surface area (Å²) in [4.78, 5) is 13.7. The molecule has 0 aliphatic heterocycles. The Balaban J connectivity index is 0.000000531. The third kappa shape index (κ3) is 2.45. The smallest absolute Gasteiger partial charge is 0.255 e. The average molecular weight is 272 g/mol. The molecule has 0 atom stereocenters. The van der Waals surface area contributed by atoms with Crippen LogP contribution in [0.3, 0.4) is 0 Å². The molecule has 1 heterocycles. The number of halogens is 2. The van der Waals surface area contributed by atoms with Gasteiger partial charge in [-0.3, -0.25) is 4.79 Å². The molecule has 0 fully saturated rings. The predicted molar refractivity (Wildman–Crippen MR) is 63.6 cm³/mol. The molecule has 1 N–H and O–H groups in total. The van der Waals surface area contributed by atoms with Crippen molar-refractivity contribution in [1.29, 1.82) is 0 Å². The fourth-order valence-corrected chi connectivity index (χ4v) is 1.65. The molecule has 80 valence electrons. The largest absolute Gasteiger partial charge is 0.329 e. The molecule has 0 radical (unpaired) electrons. The van der Waals surface area contributed by atoms with Crippen LogP contribution in [0.15, 0.2) is 33.7 Å². The first kappa shape index (κ1) is 11.9. The van der Waals surface area contributed by atoms with Crippen molar-refractivity contribution in [3.05, 3.63) is 45.0 Å². The van der Waals surface area contributed by atoms with Crippen LogP contribution in [-0.4, -0.2) is 4.98 Å². The van der Waals surface area contributed by atoms with Gasteiger partial charge in [0.2, 0.25) is 0 Å². The molecule has 4 heteroatoms. The average Bonchev–Trinajstić information content (AvgIpc) is 2.23. The lowest BCUT2D eigenvalue weighted by atomic mass is 10.2. The second kappa shape index (κ2) is 5.07. The molecule has 0 amide bonds. The maximum absolute atomic E-state index is 13.2. The van der Waals surface area contributed by atoms with E-state index in [4.69, 9.17) is 0 Å². The van der Waals surface area contributed by atoms with Crippen LogP contribution >= 0.6 is 15.9 Å². The molecule has 1 aromatic heterocycles. The van der Waals surface area contributed by atoms with Crippen molar-refractivity contribution in [2.24, 2.45) is 0 Å². The van der Waals surface area contributed by atoms with E-state index < -0.39 is 5.82 Å². The molecule has 0 unspecified atom stereocenters. The van der Waals surface area contributed by atoms with Crippen LogP contribution in [0.2, 0.25) is 0 Å². The number of hydrogen-bond donors (Lipinski definition) is 1. The van der Waals surface area contributed by atoms with Gasteiger partial charge in [0.15, 0.2) is 0 Å². The van der Waals surface area contributed by atoms with Crippen molar-refractivity contribution < 1.29 is 4.39 Å². The van der Waals surface area contributed by atoms with Crippen molar-refractivity contribution >= 4 is 26.7 Å². The summed E-state index contributed by atoms with van der Waals surface area (Å²) in [5.74, 6) is -0.393. The molecule has 1 aromatic carbocycles. The van der Waals surface area contributed by atoms with Crippen molar-refractivity contribution in [1.82, 2.24) is 4.98 Å². The minimum absolute atomic E-state index is 0.280. The van der Waals surface area contributed by atoms with E-state index in [1.165, 1.54) is 12.3 Å². The molecule has 2 rings (SSSR count). The van der Waals surface area contributed by atoms with Gasteiger partial charge in [0, 0.05) is 16.1 Å². The monoisotopic (exact) mass is 271 g/mol. The van der Waals surface area contributed by atoms with Crippen LogP contribution in [0.25, 0.3) is 10.8 Å². The number of rotatable bonds is 0. The number of pyridine rings is 1. The third-order valence-corrected chi connectivity index (χ3v) is 2.26. The first-order valence-corrected chi connectivity index (χ1v) is 5.44. The summed E-state index contributed by atoms with van der Waals surface area (Å²) in [7, 11) is 0. The minimum Gasteiger partial charge on any atom is -0.329 e. The molecule has 0 aliphatic rings. The van der Waals surface area contributed by atoms with Crippen molar-refractivity contribution in [3.8, 4) is 0 Å². The summed E-state index contributed by atoms with van der Waals surface area (Å²) in [6.07, 6.45) is 1.43. The first-order valence-electron chi connectivity index (χ1n) is 4.65. The summed E-state index contributed by atoms with van der Waals surface area (Å²) in [5, 5.41) is 0.696.